The van der Waals surface area contributed by atoms with Gasteiger partial charge in [0.05, 0.1) is 6.10 Å². The fourth-order valence-electron chi connectivity index (χ4n) is 2.23. The normalized spacial score (nSPS) is 47.8. The smallest absolute Gasteiger partial charge is 0.201 e. The molecule has 100 valence electrons. The second-order valence-electron chi connectivity index (χ2n) is 5.73. The molecule has 0 spiro atoms. The standard InChI is InChI=1S/C13H24O4/c1-6-10(3)14-11-13(5)9(2)7-8-12(4,15-11)16-17-13/h9-11H,6-8H2,1-5H3. The molecule has 17 heavy (non-hydrogen) atoms. The lowest BCUT2D eigenvalue weighted by Crippen LogP contribution is -2.57. The van der Waals surface area contributed by atoms with Gasteiger partial charge in [-0.05, 0) is 39.5 Å². The Bertz CT molecular complexity index is 279. The fourth-order valence-corrected chi connectivity index (χ4v) is 2.23. The zero-order valence-corrected chi connectivity index (χ0v) is 11.5. The molecule has 3 fully saturated rings. The number of hydrogen-bond acceptors (Lipinski definition) is 4. The molecule has 0 aromatic carbocycles. The second kappa shape index (κ2) is 4.50. The van der Waals surface area contributed by atoms with Crippen molar-refractivity contribution in [3.63, 3.8) is 0 Å². The minimum atomic E-state index is -0.664. The van der Waals surface area contributed by atoms with E-state index in [1.54, 1.807) is 0 Å². The summed E-state index contributed by atoms with van der Waals surface area (Å²) in [5.41, 5.74) is -0.514. The largest absolute Gasteiger partial charge is 0.346 e. The van der Waals surface area contributed by atoms with Gasteiger partial charge in [-0.1, -0.05) is 13.8 Å². The van der Waals surface area contributed by atoms with E-state index in [4.69, 9.17) is 19.2 Å². The Kier molecular flexibility index (Phi) is 3.51. The summed E-state index contributed by atoms with van der Waals surface area (Å²) in [5.74, 6) is -0.316. The number of ether oxygens (including phenoxy) is 2. The van der Waals surface area contributed by atoms with E-state index >= 15 is 0 Å². The Morgan fingerprint density at radius 3 is 2.71 bits per heavy atom. The van der Waals surface area contributed by atoms with Gasteiger partial charge in [0.1, 0.15) is 0 Å². The predicted molar refractivity (Wildman–Crippen MR) is 63.1 cm³/mol. The van der Waals surface area contributed by atoms with E-state index in [2.05, 4.69) is 20.8 Å². The Balaban J connectivity index is 2.19. The van der Waals surface area contributed by atoms with Crippen molar-refractivity contribution in [1.29, 1.82) is 0 Å². The summed E-state index contributed by atoms with van der Waals surface area (Å²) in [7, 11) is 0. The third kappa shape index (κ3) is 2.36. The van der Waals surface area contributed by atoms with Crippen LogP contribution in [0.2, 0.25) is 0 Å². The molecule has 4 nitrogen and oxygen atoms in total. The number of fused-ring (bicyclic) bond motifs is 4. The maximum Gasteiger partial charge on any atom is 0.201 e. The summed E-state index contributed by atoms with van der Waals surface area (Å²) < 4.78 is 11.9. The van der Waals surface area contributed by atoms with Gasteiger partial charge in [-0.25, -0.2) is 9.78 Å². The van der Waals surface area contributed by atoms with Crippen LogP contribution in [0.4, 0.5) is 0 Å². The van der Waals surface area contributed by atoms with E-state index in [0.29, 0.717) is 5.92 Å². The zero-order chi connectivity index (χ0) is 12.7. The first-order chi connectivity index (χ1) is 7.89. The molecule has 5 atom stereocenters. The summed E-state index contributed by atoms with van der Waals surface area (Å²) >= 11 is 0. The van der Waals surface area contributed by atoms with Crippen molar-refractivity contribution in [3.05, 3.63) is 0 Å². The van der Waals surface area contributed by atoms with Gasteiger partial charge >= 0.3 is 0 Å². The Morgan fingerprint density at radius 2 is 2.06 bits per heavy atom. The third-order valence-electron chi connectivity index (χ3n) is 4.16. The molecule has 3 aliphatic rings. The van der Waals surface area contributed by atoms with E-state index in [1.165, 1.54) is 0 Å². The molecule has 0 aliphatic carbocycles. The Hall–Kier alpha value is -0.160. The second-order valence-corrected chi connectivity index (χ2v) is 5.73. The van der Waals surface area contributed by atoms with Gasteiger partial charge in [-0.3, -0.25) is 0 Å². The monoisotopic (exact) mass is 244 g/mol. The quantitative estimate of drug-likeness (QED) is 0.715. The summed E-state index contributed by atoms with van der Waals surface area (Å²) in [5, 5.41) is 0. The van der Waals surface area contributed by atoms with Crippen LogP contribution in [0.15, 0.2) is 0 Å². The van der Waals surface area contributed by atoms with Crippen LogP contribution in [0, 0.1) is 5.92 Å². The minimum absolute atomic E-state index is 0.163. The summed E-state index contributed by atoms with van der Waals surface area (Å²) in [6.07, 6.45) is 2.63. The first-order valence-corrected chi connectivity index (χ1v) is 6.60. The maximum absolute atomic E-state index is 5.97. The molecule has 5 unspecified atom stereocenters. The van der Waals surface area contributed by atoms with E-state index in [-0.39, 0.29) is 12.4 Å². The van der Waals surface area contributed by atoms with Crippen molar-refractivity contribution in [3.8, 4) is 0 Å². The SMILES string of the molecule is CCC(C)OC1OC2(C)CCC(C)C1(C)OO2. The molecule has 0 aromatic rings. The third-order valence-corrected chi connectivity index (χ3v) is 4.16. The average molecular weight is 244 g/mol. The van der Waals surface area contributed by atoms with Crippen LogP contribution in [-0.2, 0) is 19.2 Å². The Labute approximate surface area is 103 Å². The number of rotatable bonds is 3. The predicted octanol–water partition coefficient (Wildman–Crippen LogP) is 3.01. The molecular formula is C13H24O4. The van der Waals surface area contributed by atoms with Crippen molar-refractivity contribution in [1.82, 2.24) is 0 Å². The highest BCUT2D eigenvalue weighted by Crippen LogP contribution is 2.45. The van der Waals surface area contributed by atoms with Gasteiger partial charge in [-0.2, -0.15) is 0 Å². The van der Waals surface area contributed by atoms with Crippen LogP contribution < -0.4 is 0 Å². The fraction of sp³-hybridized carbons (Fsp3) is 1.00. The van der Waals surface area contributed by atoms with Crippen LogP contribution in [0.3, 0.4) is 0 Å². The van der Waals surface area contributed by atoms with E-state index < -0.39 is 11.4 Å². The first-order valence-electron chi connectivity index (χ1n) is 6.60. The van der Waals surface area contributed by atoms with Crippen LogP contribution in [0.1, 0.15) is 53.9 Å². The molecule has 4 heteroatoms. The van der Waals surface area contributed by atoms with Crippen LogP contribution in [-0.4, -0.2) is 23.8 Å². The highest BCUT2D eigenvalue weighted by atomic mass is 17.3. The molecule has 0 N–H and O–H groups in total. The lowest BCUT2D eigenvalue weighted by molar-refractivity contribution is -0.545. The molecule has 3 saturated heterocycles. The molecule has 3 aliphatic heterocycles. The van der Waals surface area contributed by atoms with Crippen LogP contribution in [0.5, 0.6) is 0 Å². The molecule has 0 aromatic heterocycles. The van der Waals surface area contributed by atoms with Gasteiger partial charge in [0.2, 0.25) is 5.79 Å². The first kappa shape index (κ1) is 13.3. The summed E-state index contributed by atoms with van der Waals surface area (Å²) in [6, 6.07) is 0. The van der Waals surface area contributed by atoms with Crippen LogP contribution >= 0.6 is 0 Å². The Morgan fingerprint density at radius 1 is 1.35 bits per heavy atom. The van der Waals surface area contributed by atoms with E-state index in [0.717, 1.165) is 19.3 Å². The lowest BCUT2D eigenvalue weighted by Gasteiger charge is -2.45. The molecule has 3 rings (SSSR count). The number of hydrogen-bond donors (Lipinski definition) is 0. The van der Waals surface area contributed by atoms with Crippen molar-refractivity contribution in [2.45, 2.75) is 77.7 Å². The van der Waals surface area contributed by atoms with Gasteiger partial charge < -0.3 is 9.47 Å². The zero-order valence-electron chi connectivity index (χ0n) is 11.5. The summed E-state index contributed by atoms with van der Waals surface area (Å²) in [4.78, 5) is 11.0. The molecule has 2 bridgehead atoms. The topological polar surface area (TPSA) is 36.9 Å². The van der Waals surface area contributed by atoms with Crippen LogP contribution in [0.25, 0.3) is 0 Å². The minimum Gasteiger partial charge on any atom is -0.346 e. The highest BCUT2D eigenvalue weighted by molar-refractivity contribution is 4.92. The van der Waals surface area contributed by atoms with Gasteiger partial charge in [0.15, 0.2) is 11.9 Å². The lowest BCUT2D eigenvalue weighted by atomic mass is 9.87. The van der Waals surface area contributed by atoms with Gasteiger partial charge in [-0.15, -0.1) is 0 Å². The van der Waals surface area contributed by atoms with Gasteiger partial charge in [0, 0.05) is 6.42 Å². The van der Waals surface area contributed by atoms with Crippen molar-refractivity contribution < 1.29 is 19.2 Å². The summed E-state index contributed by atoms with van der Waals surface area (Å²) in [6.45, 7) is 10.2. The molecule has 0 amide bonds. The average Bonchev–Trinajstić information content (AvgIpc) is 2.46. The molecule has 0 radical (unpaired) electrons. The molecular weight excluding hydrogens is 220 g/mol. The van der Waals surface area contributed by atoms with Crippen molar-refractivity contribution in [2.24, 2.45) is 5.92 Å². The van der Waals surface area contributed by atoms with Gasteiger partial charge in [0.25, 0.3) is 0 Å². The van der Waals surface area contributed by atoms with Crippen molar-refractivity contribution >= 4 is 0 Å². The highest BCUT2D eigenvalue weighted by Gasteiger charge is 2.56. The molecule has 0 saturated carbocycles. The van der Waals surface area contributed by atoms with Crippen molar-refractivity contribution in [2.75, 3.05) is 0 Å². The van der Waals surface area contributed by atoms with E-state index in [9.17, 15) is 0 Å². The maximum atomic E-state index is 5.97. The molecule has 3 heterocycles. The van der Waals surface area contributed by atoms with E-state index in [1.807, 2.05) is 13.8 Å².